The van der Waals surface area contributed by atoms with Crippen LogP contribution in [-0.2, 0) is 23.1 Å². The summed E-state index contributed by atoms with van der Waals surface area (Å²) in [6.07, 6.45) is 0.623. The van der Waals surface area contributed by atoms with Crippen molar-refractivity contribution in [2.45, 2.75) is 57.6 Å². The second kappa shape index (κ2) is 6.36. The molecule has 0 saturated carbocycles. The molecule has 6 nitrogen and oxygen atoms in total. The highest BCUT2D eigenvalue weighted by atomic mass is 16.5. The van der Waals surface area contributed by atoms with Crippen LogP contribution in [0.15, 0.2) is 28.8 Å². The summed E-state index contributed by atoms with van der Waals surface area (Å²) >= 11 is 0. The normalized spacial score (nSPS) is 20.0. The topological polar surface area (TPSA) is 88.2 Å². The van der Waals surface area contributed by atoms with Gasteiger partial charge in [-0.15, -0.1) is 0 Å². The van der Waals surface area contributed by atoms with E-state index in [9.17, 15) is 9.90 Å². The van der Waals surface area contributed by atoms with Crippen molar-refractivity contribution in [3.63, 3.8) is 0 Å². The van der Waals surface area contributed by atoms with Gasteiger partial charge < -0.3 is 14.9 Å². The molecule has 1 aliphatic rings. The first-order valence-electron chi connectivity index (χ1n) is 8.23. The molecule has 0 fully saturated rings. The number of carbonyl (C=O) groups is 1. The molecule has 0 aliphatic heterocycles. The number of aryl methyl sites for hydroxylation is 1. The smallest absolute Gasteiger partial charge is 0.227 e. The first kappa shape index (κ1) is 16.6. The van der Waals surface area contributed by atoms with E-state index in [2.05, 4.69) is 15.5 Å². The van der Waals surface area contributed by atoms with Crippen LogP contribution in [0.25, 0.3) is 0 Å². The number of carbonyl (C=O) groups excluding carboxylic acids is 1. The quantitative estimate of drug-likeness (QED) is 0.896. The van der Waals surface area contributed by atoms with Crippen molar-refractivity contribution in [1.82, 2.24) is 15.5 Å². The molecule has 1 aromatic heterocycles. The molecule has 24 heavy (non-hydrogen) atoms. The molecule has 1 heterocycles. The Labute approximate surface area is 141 Å². The molecule has 2 atom stereocenters. The predicted octanol–water partition coefficient (Wildman–Crippen LogP) is 2.07. The van der Waals surface area contributed by atoms with E-state index in [-0.39, 0.29) is 23.8 Å². The molecule has 2 aromatic rings. The third-order valence-corrected chi connectivity index (χ3v) is 4.23. The van der Waals surface area contributed by atoms with Gasteiger partial charge in [0, 0.05) is 24.7 Å². The highest BCUT2D eigenvalue weighted by Gasteiger charge is 2.31. The third-order valence-electron chi connectivity index (χ3n) is 4.23. The number of amides is 1. The summed E-state index contributed by atoms with van der Waals surface area (Å²) in [6.45, 7) is 6.02. The first-order valence-corrected chi connectivity index (χ1v) is 8.23. The first-order chi connectivity index (χ1) is 11.3. The minimum atomic E-state index is -0.581. The van der Waals surface area contributed by atoms with Gasteiger partial charge in [-0.25, -0.2) is 0 Å². The maximum atomic E-state index is 12.2. The van der Waals surface area contributed by atoms with Gasteiger partial charge in [0.15, 0.2) is 5.82 Å². The van der Waals surface area contributed by atoms with Gasteiger partial charge in [0.05, 0.1) is 12.1 Å². The minimum absolute atomic E-state index is 0.133. The van der Waals surface area contributed by atoms with Crippen LogP contribution in [0.1, 0.15) is 56.1 Å². The van der Waals surface area contributed by atoms with Gasteiger partial charge in [0.25, 0.3) is 0 Å². The number of hydrogen-bond donors (Lipinski definition) is 2. The van der Waals surface area contributed by atoms with Crippen molar-refractivity contribution in [2.75, 3.05) is 0 Å². The Balaban J connectivity index is 1.58. The van der Waals surface area contributed by atoms with Crippen LogP contribution >= 0.6 is 0 Å². The van der Waals surface area contributed by atoms with Crippen molar-refractivity contribution in [2.24, 2.45) is 0 Å². The predicted molar refractivity (Wildman–Crippen MR) is 88.4 cm³/mol. The molecule has 0 bridgehead atoms. The molecule has 128 valence electrons. The van der Waals surface area contributed by atoms with Crippen molar-refractivity contribution in [1.29, 1.82) is 0 Å². The van der Waals surface area contributed by atoms with Crippen LogP contribution in [0.2, 0.25) is 0 Å². The molecular weight excluding hydrogens is 306 g/mol. The van der Waals surface area contributed by atoms with Gasteiger partial charge >= 0.3 is 0 Å². The Hall–Kier alpha value is -2.21. The van der Waals surface area contributed by atoms with Crippen molar-refractivity contribution < 1.29 is 14.4 Å². The lowest BCUT2D eigenvalue weighted by atomic mass is 9.96. The third kappa shape index (κ3) is 3.48. The summed E-state index contributed by atoms with van der Waals surface area (Å²) in [5.41, 5.74) is 1.90. The Morgan fingerprint density at radius 1 is 1.38 bits per heavy atom. The molecule has 1 amide bonds. The standard InChI is InChI=1S/C18H23N3O3/c1-18(2,3)17-20-15(24-21-17)9-8-14(23)19-16-12-7-5-4-6-11(12)10-13(16)22/h4-7,13,16,22H,8-10H2,1-3H3,(H,19,23). The van der Waals surface area contributed by atoms with E-state index >= 15 is 0 Å². The number of hydrogen-bond acceptors (Lipinski definition) is 5. The van der Waals surface area contributed by atoms with Crippen LogP contribution in [0, 0.1) is 0 Å². The number of aliphatic hydroxyl groups is 1. The summed E-state index contributed by atoms with van der Waals surface area (Å²) in [6, 6.07) is 7.45. The van der Waals surface area contributed by atoms with E-state index in [0.29, 0.717) is 24.6 Å². The number of aliphatic hydroxyl groups excluding tert-OH is 1. The summed E-state index contributed by atoms with van der Waals surface area (Å²) in [5, 5.41) is 17.0. The van der Waals surface area contributed by atoms with Gasteiger partial charge in [0.1, 0.15) is 0 Å². The molecule has 2 N–H and O–H groups in total. The molecule has 3 rings (SSSR count). The zero-order valence-corrected chi connectivity index (χ0v) is 14.2. The SMILES string of the molecule is CC(C)(C)c1noc(CCC(=O)NC2c3ccccc3CC2O)n1. The number of rotatable bonds is 4. The van der Waals surface area contributed by atoms with E-state index in [4.69, 9.17) is 4.52 Å². The molecule has 2 unspecified atom stereocenters. The zero-order valence-electron chi connectivity index (χ0n) is 14.2. The lowest BCUT2D eigenvalue weighted by Crippen LogP contribution is -2.34. The van der Waals surface area contributed by atoms with Crippen LogP contribution in [-0.4, -0.2) is 27.3 Å². The second-order valence-electron chi connectivity index (χ2n) is 7.28. The minimum Gasteiger partial charge on any atom is -0.390 e. The summed E-state index contributed by atoms with van der Waals surface area (Å²) in [7, 11) is 0. The number of benzene rings is 1. The fourth-order valence-electron chi connectivity index (χ4n) is 2.87. The average Bonchev–Trinajstić information content (AvgIpc) is 3.11. The Morgan fingerprint density at radius 3 is 2.83 bits per heavy atom. The Morgan fingerprint density at radius 2 is 2.12 bits per heavy atom. The summed E-state index contributed by atoms with van der Waals surface area (Å²) in [5.74, 6) is 0.965. The summed E-state index contributed by atoms with van der Waals surface area (Å²) < 4.78 is 5.20. The average molecular weight is 329 g/mol. The second-order valence-corrected chi connectivity index (χ2v) is 7.28. The van der Waals surface area contributed by atoms with Crippen LogP contribution in [0.5, 0.6) is 0 Å². The van der Waals surface area contributed by atoms with E-state index < -0.39 is 6.10 Å². The maximum Gasteiger partial charge on any atom is 0.227 e. The van der Waals surface area contributed by atoms with Gasteiger partial charge in [-0.05, 0) is 11.1 Å². The van der Waals surface area contributed by atoms with Gasteiger partial charge in [-0.3, -0.25) is 4.79 Å². The summed E-state index contributed by atoms with van der Waals surface area (Å²) in [4.78, 5) is 16.5. The fourth-order valence-corrected chi connectivity index (χ4v) is 2.87. The molecule has 0 spiro atoms. The molecule has 6 heteroatoms. The lowest BCUT2D eigenvalue weighted by Gasteiger charge is -2.17. The highest BCUT2D eigenvalue weighted by molar-refractivity contribution is 5.77. The fraction of sp³-hybridized carbons (Fsp3) is 0.500. The highest BCUT2D eigenvalue weighted by Crippen LogP contribution is 2.31. The number of nitrogens with one attached hydrogen (secondary N) is 1. The van der Waals surface area contributed by atoms with Crippen molar-refractivity contribution in [3.8, 4) is 0 Å². The maximum absolute atomic E-state index is 12.2. The molecular formula is C18H23N3O3. The molecule has 1 aromatic carbocycles. The van der Waals surface area contributed by atoms with E-state index in [1.165, 1.54) is 0 Å². The number of aromatic nitrogens is 2. The van der Waals surface area contributed by atoms with Crippen LogP contribution in [0.4, 0.5) is 0 Å². The Bertz CT molecular complexity index is 733. The lowest BCUT2D eigenvalue weighted by molar-refractivity contribution is -0.122. The monoisotopic (exact) mass is 329 g/mol. The van der Waals surface area contributed by atoms with E-state index in [1.807, 2.05) is 45.0 Å². The van der Waals surface area contributed by atoms with E-state index in [1.54, 1.807) is 0 Å². The van der Waals surface area contributed by atoms with Crippen molar-refractivity contribution in [3.05, 3.63) is 47.1 Å². The number of nitrogens with zero attached hydrogens (tertiary/aromatic N) is 2. The molecule has 0 saturated heterocycles. The van der Waals surface area contributed by atoms with Crippen molar-refractivity contribution >= 4 is 5.91 Å². The van der Waals surface area contributed by atoms with Gasteiger partial charge in [-0.2, -0.15) is 4.98 Å². The molecule has 0 radical (unpaired) electrons. The van der Waals surface area contributed by atoms with Crippen LogP contribution in [0.3, 0.4) is 0 Å². The van der Waals surface area contributed by atoms with E-state index in [0.717, 1.165) is 11.1 Å². The van der Waals surface area contributed by atoms with Gasteiger partial charge in [0.2, 0.25) is 11.8 Å². The zero-order chi connectivity index (χ0) is 17.3. The van der Waals surface area contributed by atoms with Gasteiger partial charge in [-0.1, -0.05) is 50.2 Å². The largest absolute Gasteiger partial charge is 0.390 e. The molecule has 1 aliphatic carbocycles. The van der Waals surface area contributed by atoms with Crippen LogP contribution < -0.4 is 5.32 Å². The number of fused-ring (bicyclic) bond motifs is 1. The Kier molecular flexibility index (Phi) is 4.41.